The smallest absolute Gasteiger partial charge is 0.282 e. The van der Waals surface area contributed by atoms with E-state index in [4.69, 9.17) is 0 Å². The summed E-state index contributed by atoms with van der Waals surface area (Å²) in [6.45, 7) is 7.26. The molecule has 5 nitrogen and oxygen atoms in total. The molecular formula is C23H24BrN3O2. The highest BCUT2D eigenvalue weighted by Gasteiger charge is 2.42. The van der Waals surface area contributed by atoms with E-state index in [9.17, 15) is 9.59 Å². The van der Waals surface area contributed by atoms with Gasteiger partial charge in [-0.3, -0.25) is 9.59 Å². The van der Waals surface area contributed by atoms with Crippen LogP contribution >= 0.6 is 15.9 Å². The third kappa shape index (κ3) is 3.63. The Morgan fingerprint density at radius 1 is 0.828 bits per heavy atom. The second-order valence-electron chi connectivity index (χ2n) is 7.74. The van der Waals surface area contributed by atoms with Crippen LogP contribution in [0.15, 0.2) is 52.6 Å². The van der Waals surface area contributed by atoms with Gasteiger partial charge >= 0.3 is 0 Å². The predicted molar refractivity (Wildman–Crippen MR) is 119 cm³/mol. The van der Waals surface area contributed by atoms with E-state index in [1.807, 2.05) is 44.2 Å². The Morgan fingerprint density at radius 3 is 2.10 bits per heavy atom. The normalized spacial score (nSPS) is 18.2. The summed E-state index contributed by atoms with van der Waals surface area (Å²) < 4.78 is 0.905. The Balaban J connectivity index is 1.82. The average molecular weight is 454 g/mol. The number of benzene rings is 2. The average Bonchev–Trinajstić information content (AvgIpc) is 2.96. The maximum Gasteiger partial charge on any atom is 0.282 e. The highest BCUT2D eigenvalue weighted by Crippen LogP contribution is 2.36. The number of rotatable bonds is 3. The summed E-state index contributed by atoms with van der Waals surface area (Å²) in [6.07, 6.45) is 0. The Bertz CT molecular complexity index is 1010. The molecule has 0 saturated carbocycles. The standard InChI is InChI=1S/C23H24BrN3O2/c1-15-4-5-17(14-16(15)2)20-21(26-12-10-25(3)11-13-26)23(29)27(22(20)28)19-8-6-18(24)7-9-19/h4-9,14H,10-13H2,1-3H3. The Hall–Kier alpha value is -2.44. The van der Waals surface area contributed by atoms with Crippen LogP contribution in [0.1, 0.15) is 16.7 Å². The molecule has 0 aliphatic carbocycles. The topological polar surface area (TPSA) is 43.9 Å². The lowest BCUT2D eigenvalue weighted by Gasteiger charge is -2.34. The van der Waals surface area contributed by atoms with Gasteiger partial charge in [0.15, 0.2) is 0 Å². The first-order chi connectivity index (χ1) is 13.9. The lowest BCUT2D eigenvalue weighted by atomic mass is 9.99. The fourth-order valence-electron chi connectivity index (χ4n) is 3.82. The number of imide groups is 1. The molecule has 0 N–H and O–H groups in total. The van der Waals surface area contributed by atoms with Gasteiger partial charge in [-0.15, -0.1) is 0 Å². The molecule has 1 saturated heterocycles. The highest BCUT2D eigenvalue weighted by molar-refractivity contribution is 9.10. The summed E-state index contributed by atoms with van der Waals surface area (Å²) in [5.41, 5.74) is 4.69. The minimum atomic E-state index is -0.255. The van der Waals surface area contributed by atoms with Crippen molar-refractivity contribution in [2.24, 2.45) is 0 Å². The minimum Gasteiger partial charge on any atom is -0.364 e. The quantitative estimate of drug-likeness (QED) is 0.665. The van der Waals surface area contributed by atoms with Crippen molar-refractivity contribution in [3.05, 3.63) is 69.3 Å². The maximum atomic E-state index is 13.5. The third-order valence-corrected chi connectivity index (χ3v) is 6.29. The van der Waals surface area contributed by atoms with E-state index in [1.54, 1.807) is 12.1 Å². The molecule has 4 rings (SSSR count). The van der Waals surface area contributed by atoms with Gasteiger partial charge in [-0.25, -0.2) is 4.90 Å². The molecule has 0 radical (unpaired) electrons. The molecule has 2 aromatic rings. The first kappa shape index (κ1) is 19.9. The number of hydrogen-bond acceptors (Lipinski definition) is 4. The summed E-state index contributed by atoms with van der Waals surface area (Å²) in [5.74, 6) is -0.496. The predicted octanol–water partition coefficient (Wildman–Crippen LogP) is 3.60. The number of carbonyl (C=O) groups excluding carboxylic acids is 2. The summed E-state index contributed by atoms with van der Waals surface area (Å²) in [6, 6.07) is 13.3. The molecule has 2 aliphatic rings. The van der Waals surface area contributed by atoms with E-state index in [0.717, 1.165) is 47.3 Å². The van der Waals surface area contributed by atoms with Crippen LogP contribution in [0.5, 0.6) is 0 Å². The number of likely N-dealkylation sites (N-methyl/N-ethyl adjacent to an activating group) is 1. The zero-order chi connectivity index (χ0) is 20.7. The molecule has 1 fully saturated rings. The lowest BCUT2D eigenvalue weighted by molar-refractivity contribution is -0.120. The van der Waals surface area contributed by atoms with E-state index in [0.29, 0.717) is 17.0 Å². The molecule has 150 valence electrons. The van der Waals surface area contributed by atoms with Crippen molar-refractivity contribution in [3.8, 4) is 0 Å². The number of piperazine rings is 1. The fraction of sp³-hybridized carbons (Fsp3) is 0.304. The highest BCUT2D eigenvalue weighted by atomic mass is 79.9. The summed E-state index contributed by atoms with van der Waals surface area (Å²) in [5, 5.41) is 0. The van der Waals surface area contributed by atoms with Gasteiger partial charge in [0, 0.05) is 30.7 Å². The van der Waals surface area contributed by atoms with Crippen molar-refractivity contribution in [2.45, 2.75) is 13.8 Å². The van der Waals surface area contributed by atoms with E-state index < -0.39 is 0 Å². The minimum absolute atomic E-state index is 0.241. The number of amides is 2. The van der Waals surface area contributed by atoms with Crippen molar-refractivity contribution in [3.63, 3.8) is 0 Å². The van der Waals surface area contributed by atoms with Crippen LogP contribution in [-0.2, 0) is 9.59 Å². The van der Waals surface area contributed by atoms with Gasteiger partial charge in [0.2, 0.25) is 0 Å². The molecule has 0 atom stereocenters. The van der Waals surface area contributed by atoms with Crippen LogP contribution in [0.25, 0.3) is 5.57 Å². The SMILES string of the molecule is Cc1ccc(C2=C(N3CCN(C)CC3)C(=O)N(c3ccc(Br)cc3)C2=O)cc1C. The Labute approximate surface area is 179 Å². The zero-order valence-corrected chi connectivity index (χ0v) is 18.5. The fourth-order valence-corrected chi connectivity index (χ4v) is 4.09. The summed E-state index contributed by atoms with van der Waals surface area (Å²) in [7, 11) is 2.08. The van der Waals surface area contributed by atoms with Crippen LogP contribution in [0.4, 0.5) is 5.69 Å². The van der Waals surface area contributed by atoms with Gasteiger partial charge in [-0.1, -0.05) is 34.1 Å². The number of halogens is 1. The molecule has 0 spiro atoms. The lowest BCUT2D eigenvalue weighted by Crippen LogP contribution is -2.46. The molecule has 2 aromatic carbocycles. The summed E-state index contributed by atoms with van der Waals surface area (Å²) >= 11 is 3.42. The maximum absolute atomic E-state index is 13.5. The van der Waals surface area contributed by atoms with E-state index in [2.05, 4.69) is 32.8 Å². The van der Waals surface area contributed by atoms with E-state index in [-0.39, 0.29) is 11.8 Å². The molecule has 29 heavy (non-hydrogen) atoms. The second kappa shape index (κ2) is 7.76. The first-order valence-electron chi connectivity index (χ1n) is 9.76. The Morgan fingerprint density at radius 2 is 1.48 bits per heavy atom. The molecule has 0 aromatic heterocycles. The molecule has 0 unspecified atom stereocenters. The van der Waals surface area contributed by atoms with Crippen molar-refractivity contribution in [1.82, 2.24) is 9.80 Å². The molecule has 2 amide bonds. The van der Waals surface area contributed by atoms with Gasteiger partial charge < -0.3 is 9.80 Å². The molecule has 0 bridgehead atoms. The molecule has 2 aliphatic heterocycles. The van der Waals surface area contributed by atoms with Gasteiger partial charge in [0.1, 0.15) is 5.70 Å². The molecular weight excluding hydrogens is 430 g/mol. The third-order valence-electron chi connectivity index (χ3n) is 5.76. The summed E-state index contributed by atoms with van der Waals surface area (Å²) in [4.78, 5) is 32.6. The van der Waals surface area contributed by atoms with Gasteiger partial charge in [-0.2, -0.15) is 0 Å². The zero-order valence-electron chi connectivity index (χ0n) is 16.9. The number of carbonyl (C=O) groups is 2. The van der Waals surface area contributed by atoms with Gasteiger partial charge in [-0.05, 0) is 61.9 Å². The molecule has 2 heterocycles. The van der Waals surface area contributed by atoms with Crippen molar-refractivity contribution >= 4 is 39.0 Å². The number of anilines is 1. The van der Waals surface area contributed by atoms with Crippen LogP contribution in [0, 0.1) is 13.8 Å². The van der Waals surface area contributed by atoms with Gasteiger partial charge in [0.25, 0.3) is 11.8 Å². The first-order valence-corrected chi connectivity index (χ1v) is 10.6. The van der Waals surface area contributed by atoms with E-state index >= 15 is 0 Å². The van der Waals surface area contributed by atoms with Crippen molar-refractivity contribution in [2.75, 3.05) is 38.1 Å². The van der Waals surface area contributed by atoms with Crippen molar-refractivity contribution in [1.29, 1.82) is 0 Å². The number of aryl methyl sites for hydroxylation is 2. The van der Waals surface area contributed by atoms with E-state index in [1.165, 1.54) is 4.90 Å². The monoisotopic (exact) mass is 453 g/mol. The van der Waals surface area contributed by atoms with Crippen LogP contribution < -0.4 is 4.90 Å². The van der Waals surface area contributed by atoms with Crippen LogP contribution in [0.2, 0.25) is 0 Å². The van der Waals surface area contributed by atoms with Crippen molar-refractivity contribution < 1.29 is 9.59 Å². The second-order valence-corrected chi connectivity index (χ2v) is 8.65. The molecule has 6 heteroatoms. The van der Waals surface area contributed by atoms with Crippen LogP contribution in [0.3, 0.4) is 0 Å². The number of hydrogen-bond donors (Lipinski definition) is 0. The largest absolute Gasteiger partial charge is 0.364 e. The van der Waals surface area contributed by atoms with Gasteiger partial charge in [0.05, 0.1) is 11.3 Å². The number of nitrogens with zero attached hydrogens (tertiary/aromatic N) is 3. The van der Waals surface area contributed by atoms with Crippen LogP contribution in [-0.4, -0.2) is 54.8 Å². The Kier molecular flexibility index (Phi) is 5.32.